The summed E-state index contributed by atoms with van der Waals surface area (Å²) in [5, 5.41) is 0. The summed E-state index contributed by atoms with van der Waals surface area (Å²) in [5.41, 5.74) is 2.89. The van der Waals surface area contributed by atoms with Crippen molar-refractivity contribution in [3.8, 4) is 0 Å². The van der Waals surface area contributed by atoms with Gasteiger partial charge < -0.3 is 19.3 Å². The summed E-state index contributed by atoms with van der Waals surface area (Å²) >= 11 is 0. The van der Waals surface area contributed by atoms with Crippen LogP contribution in [0.2, 0.25) is 0 Å². The molecule has 0 saturated carbocycles. The van der Waals surface area contributed by atoms with Gasteiger partial charge in [0.1, 0.15) is 0 Å². The summed E-state index contributed by atoms with van der Waals surface area (Å²) in [6, 6.07) is 0. The van der Waals surface area contributed by atoms with Crippen LogP contribution in [0.15, 0.2) is 0 Å². The molecule has 0 unspecified atom stereocenters. The van der Waals surface area contributed by atoms with Crippen LogP contribution in [0.4, 0.5) is 5.95 Å². The van der Waals surface area contributed by atoms with E-state index in [0.717, 1.165) is 35.9 Å². The number of ether oxygens (including phenoxy) is 2. The fourth-order valence-corrected chi connectivity index (χ4v) is 3.55. The third kappa shape index (κ3) is 2.98. The Bertz CT molecular complexity index is 635. The summed E-state index contributed by atoms with van der Waals surface area (Å²) in [6.45, 7) is 5.02. The topological polar surface area (TPSA) is 67.8 Å². The van der Waals surface area contributed by atoms with Crippen LogP contribution in [0.25, 0.3) is 0 Å². The van der Waals surface area contributed by atoms with Crippen molar-refractivity contribution in [2.45, 2.75) is 31.8 Å². The highest BCUT2D eigenvalue weighted by Gasteiger charge is 2.46. The van der Waals surface area contributed by atoms with E-state index in [1.54, 1.807) is 7.11 Å². The number of anilines is 1. The molecule has 3 heterocycles. The molecule has 1 saturated heterocycles. The van der Waals surface area contributed by atoms with Crippen LogP contribution in [-0.2, 0) is 26.3 Å². The summed E-state index contributed by atoms with van der Waals surface area (Å²) < 4.78 is 10.9. The average molecular weight is 334 g/mol. The Kier molecular flexibility index (Phi) is 4.73. The molecule has 0 bridgehead atoms. The molecule has 0 N–H and O–H groups in total. The lowest BCUT2D eigenvalue weighted by molar-refractivity contribution is -0.131. The van der Waals surface area contributed by atoms with E-state index in [1.165, 1.54) is 0 Å². The van der Waals surface area contributed by atoms with E-state index in [4.69, 9.17) is 14.5 Å². The van der Waals surface area contributed by atoms with Crippen LogP contribution in [0.5, 0.6) is 0 Å². The van der Waals surface area contributed by atoms with Gasteiger partial charge in [-0.15, -0.1) is 0 Å². The molecule has 1 spiro atoms. The zero-order valence-electron chi connectivity index (χ0n) is 15.0. The maximum atomic E-state index is 12.3. The minimum absolute atomic E-state index is 0.138. The van der Waals surface area contributed by atoms with E-state index in [1.807, 2.05) is 30.8 Å². The van der Waals surface area contributed by atoms with Crippen molar-refractivity contribution in [1.82, 2.24) is 14.9 Å². The van der Waals surface area contributed by atoms with Gasteiger partial charge in [0.2, 0.25) is 11.9 Å². The van der Waals surface area contributed by atoms with Crippen LogP contribution in [0.3, 0.4) is 0 Å². The molecule has 1 atom stereocenters. The van der Waals surface area contributed by atoms with Gasteiger partial charge >= 0.3 is 0 Å². The van der Waals surface area contributed by atoms with E-state index < -0.39 is 0 Å². The van der Waals surface area contributed by atoms with Crippen LogP contribution in [0, 0.1) is 6.92 Å². The van der Waals surface area contributed by atoms with E-state index in [-0.39, 0.29) is 11.3 Å². The Morgan fingerprint density at radius 1 is 1.42 bits per heavy atom. The molecule has 132 valence electrons. The molecule has 0 radical (unpaired) electrons. The van der Waals surface area contributed by atoms with Gasteiger partial charge in [0.05, 0.1) is 37.4 Å². The zero-order chi connectivity index (χ0) is 17.3. The number of likely N-dealkylation sites (tertiary alicyclic amines) is 1. The first-order chi connectivity index (χ1) is 11.5. The Morgan fingerprint density at radius 3 is 2.92 bits per heavy atom. The largest absolute Gasteiger partial charge is 0.384 e. The maximum Gasteiger partial charge on any atom is 0.225 e. The van der Waals surface area contributed by atoms with Crippen LogP contribution >= 0.6 is 0 Å². The summed E-state index contributed by atoms with van der Waals surface area (Å²) in [6.07, 6.45) is 1.30. The van der Waals surface area contributed by atoms with E-state index in [9.17, 15) is 4.79 Å². The minimum atomic E-state index is -0.214. The molecule has 2 aliphatic rings. The summed E-state index contributed by atoms with van der Waals surface area (Å²) in [7, 11) is 5.51. The number of carbonyl (C=O) groups is 1. The first-order valence-electron chi connectivity index (χ1n) is 8.36. The molecule has 7 nitrogen and oxygen atoms in total. The molecule has 1 amide bonds. The van der Waals surface area contributed by atoms with E-state index in [2.05, 4.69) is 4.98 Å². The standard InChI is InChI=1S/C17H26N4O3/c1-12-13-9-24-11-17(15(13)19-16(18-12)20(2)3)6-7-21(10-17)14(22)5-8-23-4/h5-11H2,1-4H3/t17-/m0/s1. The molecule has 0 aromatic carbocycles. The normalized spacial score (nSPS) is 22.8. The highest BCUT2D eigenvalue weighted by molar-refractivity contribution is 5.77. The second kappa shape index (κ2) is 6.64. The highest BCUT2D eigenvalue weighted by atomic mass is 16.5. The molecule has 1 aromatic heterocycles. The van der Waals surface area contributed by atoms with Gasteiger partial charge in [-0.05, 0) is 13.3 Å². The second-order valence-electron chi connectivity index (χ2n) is 6.91. The van der Waals surface area contributed by atoms with Crippen molar-refractivity contribution < 1.29 is 14.3 Å². The number of hydrogen-bond acceptors (Lipinski definition) is 6. The SMILES string of the molecule is COCCC(=O)N1CC[C@@]2(COCc3c(C)nc(N(C)C)nc32)C1. The number of carbonyl (C=O) groups excluding carboxylic acids is 1. The number of nitrogens with zero attached hydrogens (tertiary/aromatic N) is 4. The quantitative estimate of drug-likeness (QED) is 0.814. The van der Waals surface area contributed by atoms with E-state index in [0.29, 0.717) is 32.8 Å². The first-order valence-corrected chi connectivity index (χ1v) is 8.36. The average Bonchev–Trinajstić information content (AvgIpc) is 2.98. The first kappa shape index (κ1) is 17.1. The van der Waals surface area contributed by atoms with Crippen LogP contribution < -0.4 is 4.90 Å². The molecular weight excluding hydrogens is 308 g/mol. The van der Waals surface area contributed by atoms with Gasteiger partial charge in [0.15, 0.2) is 0 Å². The number of aromatic nitrogens is 2. The maximum absolute atomic E-state index is 12.3. The fourth-order valence-electron chi connectivity index (χ4n) is 3.55. The number of methoxy groups -OCH3 is 1. The lowest BCUT2D eigenvalue weighted by Gasteiger charge is -2.35. The van der Waals surface area contributed by atoms with Crippen molar-refractivity contribution in [2.24, 2.45) is 0 Å². The van der Waals surface area contributed by atoms with Crippen LogP contribution in [-0.4, -0.2) is 68.3 Å². The minimum Gasteiger partial charge on any atom is -0.384 e. The van der Waals surface area contributed by atoms with E-state index >= 15 is 0 Å². The van der Waals surface area contributed by atoms with Crippen molar-refractivity contribution in [2.75, 3.05) is 52.4 Å². The van der Waals surface area contributed by atoms with Gasteiger partial charge in [0.25, 0.3) is 0 Å². The molecule has 1 aromatic rings. The van der Waals surface area contributed by atoms with Crippen molar-refractivity contribution in [3.05, 3.63) is 17.0 Å². The zero-order valence-corrected chi connectivity index (χ0v) is 15.0. The second-order valence-corrected chi connectivity index (χ2v) is 6.91. The predicted octanol–water partition coefficient (Wildman–Crippen LogP) is 0.888. The highest BCUT2D eigenvalue weighted by Crippen LogP contribution is 2.40. The van der Waals surface area contributed by atoms with Gasteiger partial charge in [-0.25, -0.2) is 9.97 Å². The molecule has 24 heavy (non-hydrogen) atoms. The lowest BCUT2D eigenvalue weighted by atomic mass is 9.80. The number of rotatable bonds is 4. The van der Waals surface area contributed by atoms with Gasteiger partial charge in [-0.1, -0.05) is 0 Å². The number of fused-ring (bicyclic) bond motifs is 2. The fraction of sp³-hybridized carbons (Fsp3) is 0.706. The summed E-state index contributed by atoms with van der Waals surface area (Å²) in [4.78, 5) is 25.6. The predicted molar refractivity (Wildman–Crippen MR) is 90.1 cm³/mol. The monoisotopic (exact) mass is 334 g/mol. The molecular formula is C17H26N4O3. The van der Waals surface area contributed by atoms with Gasteiger partial charge in [-0.3, -0.25) is 4.79 Å². The molecule has 3 rings (SSSR count). The number of hydrogen-bond donors (Lipinski definition) is 0. The lowest BCUT2D eigenvalue weighted by Crippen LogP contribution is -2.42. The van der Waals surface area contributed by atoms with Crippen LogP contribution in [0.1, 0.15) is 29.8 Å². The van der Waals surface area contributed by atoms with Gasteiger partial charge in [0, 0.05) is 45.6 Å². The molecule has 1 fully saturated rings. The van der Waals surface area contributed by atoms with Crippen molar-refractivity contribution >= 4 is 11.9 Å². The number of amides is 1. The third-order valence-corrected chi connectivity index (χ3v) is 4.96. The summed E-state index contributed by atoms with van der Waals surface area (Å²) in [5.74, 6) is 0.858. The Balaban J connectivity index is 1.90. The van der Waals surface area contributed by atoms with Crippen molar-refractivity contribution in [3.63, 3.8) is 0 Å². The Morgan fingerprint density at radius 2 is 2.21 bits per heavy atom. The van der Waals surface area contributed by atoms with Crippen molar-refractivity contribution in [1.29, 1.82) is 0 Å². The number of aryl methyl sites for hydroxylation is 1. The Hall–Kier alpha value is -1.73. The Labute approximate surface area is 143 Å². The van der Waals surface area contributed by atoms with Gasteiger partial charge in [-0.2, -0.15) is 0 Å². The molecule has 7 heteroatoms. The molecule has 2 aliphatic heterocycles. The molecule has 0 aliphatic carbocycles. The third-order valence-electron chi connectivity index (χ3n) is 4.96. The smallest absolute Gasteiger partial charge is 0.225 e.